The summed E-state index contributed by atoms with van der Waals surface area (Å²) in [6.45, 7) is 1.37. The third-order valence-corrected chi connectivity index (χ3v) is 4.22. The second-order valence-corrected chi connectivity index (χ2v) is 5.97. The molecule has 0 bridgehead atoms. The van der Waals surface area contributed by atoms with E-state index < -0.39 is 40.9 Å². The second kappa shape index (κ2) is 6.70. The first kappa shape index (κ1) is 19.3. The number of nitrogens with zero attached hydrogens (tertiary/aromatic N) is 2. The highest BCUT2D eigenvalue weighted by molar-refractivity contribution is 7.99. The lowest BCUT2D eigenvalue weighted by molar-refractivity contribution is -0.141. The SMILES string of the molecule is Cc1cc(F)c(-n2cnc(C(F)(F)F)cc2=O)cc1SCC(F)(F)F. The van der Waals surface area contributed by atoms with Crippen LogP contribution in [0.2, 0.25) is 0 Å². The molecule has 0 unspecified atom stereocenters. The number of rotatable bonds is 3. The van der Waals surface area contributed by atoms with Crippen molar-refractivity contribution in [3.8, 4) is 5.69 Å². The summed E-state index contributed by atoms with van der Waals surface area (Å²) < 4.78 is 89.1. The zero-order valence-corrected chi connectivity index (χ0v) is 13.2. The third kappa shape index (κ3) is 4.74. The molecule has 1 aromatic heterocycles. The van der Waals surface area contributed by atoms with Crippen LogP contribution in [0.4, 0.5) is 30.7 Å². The van der Waals surface area contributed by atoms with Gasteiger partial charge in [-0.2, -0.15) is 26.3 Å². The fourth-order valence-corrected chi connectivity index (χ4v) is 2.68. The molecule has 11 heteroatoms. The molecule has 25 heavy (non-hydrogen) atoms. The van der Waals surface area contributed by atoms with Gasteiger partial charge in [0.2, 0.25) is 0 Å². The standard InChI is InChI=1S/C14H9F7N2OS/c1-7-2-8(15)9(3-10(7)25-5-13(16,17)18)23-6-22-11(4-12(23)24)14(19,20)21/h2-4,6H,5H2,1H3. The Morgan fingerprint density at radius 2 is 1.76 bits per heavy atom. The smallest absolute Gasteiger partial charge is 0.269 e. The Morgan fingerprint density at radius 1 is 1.12 bits per heavy atom. The number of benzene rings is 1. The summed E-state index contributed by atoms with van der Waals surface area (Å²) in [6.07, 6.45) is -8.83. The molecule has 0 atom stereocenters. The molecule has 0 N–H and O–H groups in total. The molecule has 0 spiro atoms. The average Bonchev–Trinajstić information content (AvgIpc) is 2.45. The summed E-state index contributed by atoms with van der Waals surface area (Å²) >= 11 is 0.377. The summed E-state index contributed by atoms with van der Waals surface area (Å²) in [4.78, 5) is 14.9. The van der Waals surface area contributed by atoms with E-state index in [0.29, 0.717) is 22.7 Å². The molecule has 0 radical (unpaired) electrons. The lowest BCUT2D eigenvalue weighted by Gasteiger charge is -2.13. The van der Waals surface area contributed by atoms with E-state index in [4.69, 9.17) is 0 Å². The van der Waals surface area contributed by atoms with Crippen molar-refractivity contribution in [3.05, 3.63) is 52.0 Å². The molecule has 0 aliphatic rings. The Morgan fingerprint density at radius 3 is 2.28 bits per heavy atom. The predicted octanol–water partition coefficient (Wildman–Crippen LogP) is 4.35. The molecule has 0 saturated heterocycles. The fraction of sp³-hybridized carbons (Fsp3) is 0.286. The predicted molar refractivity (Wildman–Crippen MR) is 76.3 cm³/mol. The van der Waals surface area contributed by atoms with Crippen LogP contribution in [0.15, 0.2) is 34.2 Å². The van der Waals surface area contributed by atoms with Gasteiger partial charge in [-0.3, -0.25) is 9.36 Å². The van der Waals surface area contributed by atoms with Crippen molar-refractivity contribution in [2.75, 3.05) is 5.75 Å². The molecule has 0 saturated carbocycles. The molecule has 0 aliphatic heterocycles. The number of alkyl halides is 6. The van der Waals surface area contributed by atoms with E-state index in [9.17, 15) is 35.5 Å². The molecule has 3 nitrogen and oxygen atoms in total. The van der Waals surface area contributed by atoms with Gasteiger partial charge in [0.1, 0.15) is 12.1 Å². The Kier molecular flexibility index (Phi) is 5.17. The molecule has 2 aromatic rings. The minimum atomic E-state index is -4.85. The van der Waals surface area contributed by atoms with Crippen LogP contribution in [0.1, 0.15) is 11.3 Å². The summed E-state index contributed by atoms with van der Waals surface area (Å²) in [5.41, 5.74) is -2.95. The number of aryl methyl sites for hydroxylation is 1. The van der Waals surface area contributed by atoms with Crippen LogP contribution in [-0.4, -0.2) is 21.5 Å². The summed E-state index contributed by atoms with van der Waals surface area (Å²) in [5.74, 6) is -2.21. The molecular formula is C14H9F7N2OS. The van der Waals surface area contributed by atoms with E-state index in [1.54, 1.807) is 0 Å². The maximum Gasteiger partial charge on any atom is 0.433 e. The van der Waals surface area contributed by atoms with Gasteiger partial charge in [-0.25, -0.2) is 9.37 Å². The molecule has 0 fully saturated rings. The first-order valence-corrected chi connectivity index (χ1v) is 7.53. The van der Waals surface area contributed by atoms with E-state index in [0.717, 1.165) is 12.1 Å². The van der Waals surface area contributed by atoms with Crippen LogP contribution in [-0.2, 0) is 6.18 Å². The Bertz CT molecular complexity index is 843. The van der Waals surface area contributed by atoms with Gasteiger partial charge in [-0.1, -0.05) is 0 Å². The van der Waals surface area contributed by atoms with Crippen molar-refractivity contribution >= 4 is 11.8 Å². The van der Waals surface area contributed by atoms with Gasteiger partial charge in [0.15, 0.2) is 5.69 Å². The average molecular weight is 386 g/mol. The Hall–Kier alpha value is -2.04. The van der Waals surface area contributed by atoms with E-state index in [-0.39, 0.29) is 16.5 Å². The topological polar surface area (TPSA) is 34.9 Å². The molecule has 0 aliphatic carbocycles. The summed E-state index contributed by atoms with van der Waals surface area (Å²) in [7, 11) is 0. The van der Waals surface area contributed by atoms with Crippen LogP contribution in [0, 0.1) is 12.7 Å². The summed E-state index contributed by atoms with van der Waals surface area (Å²) in [6, 6.07) is 2.05. The van der Waals surface area contributed by atoms with Crippen LogP contribution in [0.5, 0.6) is 0 Å². The van der Waals surface area contributed by atoms with Gasteiger partial charge in [-0.15, -0.1) is 11.8 Å². The molecular weight excluding hydrogens is 377 g/mol. The first-order chi connectivity index (χ1) is 11.4. The van der Waals surface area contributed by atoms with Crippen molar-refractivity contribution in [2.24, 2.45) is 0 Å². The van der Waals surface area contributed by atoms with Gasteiger partial charge >= 0.3 is 12.4 Å². The number of aromatic nitrogens is 2. The van der Waals surface area contributed by atoms with Gasteiger partial charge in [0.25, 0.3) is 5.56 Å². The molecule has 0 amide bonds. The molecule has 1 heterocycles. The monoisotopic (exact) mass is 386 g/mol. The van der Waals surface area contributed by atoms with E-state index >= 15 is 0 Å². The highest BCUT2D eigenvalue weighted by Gasteiger charge is 2.33. The first-order valence-electron chi connectivity index (χ1n) is 6.54. The van der Waals surface area contributed by atoms with Gasteiger partial charge in [-0.05, 0) is 24.6 Å². The maximum absolute atomic E-state index is 14.1. The third-order valence-electron chi connectivity index (χ3n) is 3.00. The van der Waals surface area contributed by atoms with Crippen LogP contribution >= 0.6 is 11.8 Å². The van der Waals surface area contributed by atoms with Crippen molar-refractivity contribution in [3.63, 3.8) is 0 Å². The van der Waals surface area contributed by atoms with Crippen molar-refractivity contribution in [2.45, 2.75) is 24.2 Å². The number of hydrogen-bond acceptors (Lipinski definition) is 3. The fourth-order valence-electron chi connectivity index (χ4n) is 1.88. The van der Waals surface area contributed by atoms with Crippen LogP contribution < -0.4 is 5.56 Å². The van der Waals surface area contributed by atoms with Gasteiger partial charge in [0.05, 0.1) is 11.4 Å². The van der Waals surface area contributed by atoms with Crippen LogP contribution in [0.25, 0.3) is 5.69 Å². The van der Waals surface area contributed by atoms with E-state index in [1.165, 1.54) is 6.92 Å². The summed E-state index contributed by atoms with van der Waals surface area (Å²) in [5, 5.41) is 0. The van der Waals surface area contributed by atoms with Crippen molar-refractivity contribution in [1.82, 2.24) is 9.55 Å². The minimum Gasteiger partial charge on any atom is -0.269 e. The Balaban J connectivity index is 2.47. The number of halogens is 7. The lowest BCUT2D eigenvalue weighted by Crippen LogP contribution is -2.23. The second-order valence-electron chi connectivity index (χ2n) is 4.95. The minimum absolute atomic E-state index is 0.0422. The number of thioether (sulfide) groups is 1. The number of hydrogen-bond donors (Lipinski definition) is 0. The largest absolute Gasteiger partial charge is 0.433 e. The zero-order valence-electron chi connectivity index (χ0n) is 12.4. The highest BCUT2D eigenvalue weighted by Crippen LogP contribution is 2.32. The van der Waals surface area contributed by atoms with Gasteiger partial charge < -0.3 is 0 Å². The molecule has 136 valence electrons. The van der Waals surface area contributed by atoms with Crippen LogP contribution in [0.3, 0.4) is 0 Å². The lowest BCUT2D eigenvalue weighted by atomic mass is 10.2. The Labute approximate surface area is 140 Å². The normalized spacial score (nSPS) is 12.5. The molecule has 2 rings (SSSR count). The van der Waals surface area contributed by atoms with E-state index in [2.05, 4.69) is 4.98 Å². The zero-order chi connectivity index (χ0) is 19.0. The van der Waals surface area contributed by atoms with E-state index in [1.807, 2.05) is 0 Å². The van der Waals surface area contributed by atoms with Gasteiger partial charge in [0, 0.05) is 11.0 Å². The highest BCUT2D eigenvalue weighted by atomic mass is 32.2. The maximum atomic E-state index is 14.1. The quantitative estimate of drug-likeness (QED) is 0.581. The van der Waals surface area contributed by atoms with Crippen molar-refractivity contribution in [1.29, 1.82) is 0 Å². The van der Waals surface area contributed by atoms with Crippen molar-refractivity contribution < 1.29 is 30.7 Å². The molecule has 1 aromatic carbocycles.